The van der Waals surface area contributed by atoms with Crippen molar-refractivity contribution in [1.29, 1.82) is 0 Å². The predicted octanol–water partition coefficient (Wildman–Crippen LogP) is 3.57. The molecule has 9 heteroatoms. The van der Waals surface area contributed by atoms with Gasteiger partial charge in [-0.05, 0) is 40.8 Å². The Kier molecular flexibility index (Phi) is 7.33. The molecule has 0 bridgehead atoms. The minimum absolute atomic E-state index is 0.0622. The van der Waals surface area contributed by atoms with Crippen molar-refractivity contribution in [3.05, 3.63) is 95.7 Å². The standard InChI is InChI=1S/C30H29N3O6/c1-17(34)27(29(36)37)33-28(35)26(14-18-15-31-25-13-7-6-8-19(18)25)32-30(38)39-16-24-22-11-4-2-9-20(22)21-10-3-5-12-23(21)24/h2-13,15,17,24,26-27,31,34H,14,16H2,1H3,(H,32,38)(H,33,35)(H,36,37)/t17-,26+,27+/m1/s1. The Balaban J connectivity index is 1.33. The first kappa shape index (κ1) is 26.0. The van der Waals surface area contributed by atoms with Gasteiger partial charge in [-0.1, -0.05) is 66.7 Å². The summed E-state index contributed by atoms with van der Waals surface area (Å²) in [7, 11) is 0. The van der Waals surface area contributed by atoms with Crippen LogP contribution in [0, 0.1) is 0 Å². The highest BCUT2D eigenvalue weighted by molar-refractivity contribution is 5.91. The second-order valence-corrected chi connectivity index (χ2v) is 9.65. The maximum absolute atomic E-state index is 13.2. The summed E-state index contributed by atoms with van der Waals surface area (Å²) in [5, 5.41) is 25.1. The Morgan fingerprint density at radius 3 is 2.18 bits per heavy atom. The topological polar surface area (TPSA) is 141 Å². The maximum Gasteiger partial charge on any atom is 0.407 e. The fourth-order valence-electron chi connectivity index (χ4n) is 5.15. The Morgan fingerprint density at radius 2 is 1.54 bits per heavy atom. The summed E-state index contributed by atoms with van der Waals surface area (Å²) in [5.41, 5.74) is 5.92. The number of aromatic amines is 1. The van der Waals surface area contributed by atoms with Gasteiger partial charge in [0, 0.05) is 29.4 Å². The Hall–Kier alpha value is -4.63. The molecule has 0 unspecified atom stereocenters. The molecule has 39 heavy (non-hydrogen) atoms. The van der Waals surface area contributed by atoms with E-state index in [0.29, 0.717) is 0 Å². The van der Waals surface area contributed by atoms with Crippen LogP contribution in [0.25, 0.3) is 22.0 Å². The van der Waals surface area contributed by atoms with Gasteiger partial charge in [0.25, 0.3) is 0 Å². The Bertz CT molecular complexity index is 1480. The zero-order chi connectivity index (χ0) is 27.5. The number of rotatable bonds is 9. The average Bonchev–Trinajstić information content (AvgIpc) is 3.48. The molecule has 4 aromatic rings. The summed E-state index contributed by atoms with van der Waals surface area (Å²) < 4.78 is 5.62. The van der Waals surface area contributed by atoms with Crippen LogP contribution in [-0.2, 0) is 20.7 Å². The summed E-state index contributed by atoms with van der Waals surface area (Å²) >= 11 is 0. The van der Waals surface area contributed by atoms with E-state index < -0.39 is 36.2 Å². The van der Waals surface area contributed by atoms with E-state index in [9.17, 15) is 24.6 Å². The summed E-state index contributed by atoms with van der Waals surface area (Å²) in [6.45, 7) is 1.33. The lowest BCUT2D eigenvalue weighted by atomic mass is 9.98. The number of aliphatic carboxylic acids is 1. The van der Waals surface area contributed by atoms with E-state index in [1.165, 1.54) is 6.92 Å². The zero-order valence-electron chi connectivity index (χ0n) is 21.3. The van der Waals surface area contributed by atoms with Crippen LogP contribution in [0.2, 0.25) is 0 Å². The molecule has 2 amide bonds. The van der Waals surface area contributed by atoms with E-state index in [2.05, 4.69) is 15.6 Å². The second kappa shape index (κ2) is 11.0. The molecule has 1 aliphatic carbocycles. The van der Waals surface area contributed by atoms with Gasteiger partial charge in [0.15, 0.2) is 6.04 Å². The summed E-state index contributed by atoms with van der Waals surface area (Å²) in [6.07, 6.45) is -0.324. The van der Waals surface area contributed by atoms with Crippen molar-refractivity contribution in [2.75, 3.05) is 6.61 Å². The Morgan fingerprint density at radius 1 is 0.923 bits per heavy atom. The number of carbonyl (C=O) groups is 3. The number of carboxylic acids is 1. The number of ether oxygens (including phenoxy) is 1. The highest BCUT2D eigenvalue weighted by atomic mass is 16.5. The van der Waals surface area contributed by atoms with Crippen LogP contribution < -0.4 is 10.6 Å². The minimum atomic E-state index is -1.53. The van der Waals surface area contributed by atoms with Crippen molar-refractivity contribution < 1.29 is 29.3 Å². The molecule has 0 aliphatic heterocycles. The molecule has 5 N–H and O–H groups in total. The van der Waals surface area contributed by atoms with Crippen LogP contribution in [0.3, 0.4) is 0 Å². The minimum Gasteiger partial charge on any atom is -0.480 e. The van der Waals surface area contributed by atoms with Crippen molar-refractivity contribution >= 4 is 28.9 Å². The lowest BCUT2D eigenvalue weighted by Crippen LogP contribution is -2.55. The van der Waals surface area contributed by atoms with Crippen LogP contribution >= 0.6 is 0 Å². The van der Waals surface area contributed by atoms with Crippen molar-refractivity contribution in [3.8, 4) is 11.1 Å². The number of H-pyrrole nitrogens is 1. The molecular weight excluding hydrogens is 498 g/mol. The summed E-state index contributed by atoms with van der Waals surface area (Å²) in [4.78, 5) is 40.9. The SMILES string of the molecule is C[C@@H](O)[C@H](NC(=O)[C@H](Cc1c[nH]c2ccccc12)NC(=O)OCC1c2ccccc2-c2ccccc21)C(=O)O. The van der Waals surface area contributed by atoms with E-state index in [1.54, 1.807) is 6.20 Å². The molecule has 0 fully saturated rings. The van der Waals surface area contributed by atoms with E-state index in [-0.39, 0.29) is 18.9 Å². The van der Waals surface area contributed by atoms with Gasteiger partial charge < -0.3 is 30.6 Å². The number of nitrogens with one attached hydrogen (secondary N) is 3. The number of amides is 2. The molecule has 5 rings (SSSR count). The molecule has 1 aromatic heterocycles. The largest absolute Gasteiger partial charge is 0.480 e. The molecule has 0 radical (unpaired) electrons. The molecule has 3 aromatic carbocycles. The molecule has 0 saturated carbocycles. The van der Waals surface area contributed by atoms with Gasteiger partial charge in [0.1, 0.15) is 12.6 Å². The third kappa shape index (κ3) is 5.35. The fraction of sp³-hybridized carbons (Fsp3) is 0.233. The quantitative estimate of drug-likeness (QED) is 0.225. The number of carbonyl (C=O) groups excluding carboxylic acids is 2. The van der Waals surface area contributed by atoms with Gasteiger partial charge in [-0.3, -0.25) is 4.79 Å². The van der Waals surface area contributed by atoms with Crippen molar-refractivity contribution in [2.45, 2.75) is 37.5 Å². The fourth-order valence-corrected chi connectivity index (χ4v) is 5.15. The van der Waals surface area contributed by atoms with Gasteiger partial charge in [0.2, 0.25) is 5.91 Å². The molecule has 1 heterocycles. The Labute approximate surface area is 224 Å². The van der Waals surface area contributed by atoms with Crippen LogP contribution in [0.15, 0.2) is 79.0 Å². The molecule has 0 saturated heterocycles. The average molecular weight is 528 g/mol. The van der Waals surface area contributed by atoms with Crippen LogP contribution in [0.4, 0.5) is 4.79 Å². The molecular formula is C30H29N3O6. The molecule has 1 aliphatic rings. The number of benzene rings is 3. The highest BCUT2D eigenvalue weighted by Crippen LogP contribution is 2.44. The number of alkyl carbamates (subject to hydrolysis) is 1. The van der Waals surface area contributed by atoms with Gasteiger partial charge >= 0.3 is 12.1 Å². The van der Waals surface area contributed by atoms with Crippen molar-refractivity contribution in [2.24, 2.45) is 0 Å². The van der Waals surface area contributed by atoms with Crippen LogP contribution in [0.5, 0.6) is 0 Å². The predicted molar refractivity (Wildman–Crippen MR) is 145 cm³/mol. The number of hydrogen-bond acceptors (Lipinski definition) is 5. The number of carboxylic acid groups (broad SMARTS) is 1. The normalized spacial score (nSPS) is 14.6. The first-order valence-corrected chi connectivity index (χ1v) is 12.7. The van der Waals surface area contributed by atoms with E-state index in [0.717, 1.165) is 38.7 Å². The monoisotopic (exact) mass is 527 g/mol. The first-order valence-electron chi connectivity index (χ1n) is 12.7. The third-order valence-electron chi connectivity index (χ3n) is 7.10. The summed E-state index contributed by atoms with van der Waals surface area (Å²) in [5.74, 6) is -2.29. The maximum atomic E-state index is 13.2. The van der Waals surface area contributed by atoms with Crippen LogP contribution in [0.1, 0.15) is 29.5 Å². The number of aromatic nitrogens is 1. The third-order valence-corrected chi connectivity index (χ3v) is 7.10. The van der Waals surface area contributed by atoms with E-state index >= 15 is 0 Å². The van der Waals surface area contributed by atoms with Gasteiger partial charge in [-0.25, -0.2) is 9.59 Å². The molecule has 9 nitrogen and oxygen atoms in total. The molecule has 0 spiro atoms. The number of hydrogen-bond donors (Lipinski definition) is 5. The number of aliphatic hydroxyl groups excluding tert-OH is 1. The lowest BCUT2D eigenvalue weighted by Gasteiger charge is -2.23. The summed E-state index contributed by atoms with van der Waals surface area (Å²) in [6, 6.07) is 20.8. The van der Waals surface area contributed by atoms with Gasteiger partial charge in [0.05, 0.1) is 6.10 Å². The van der Waals surface area contributed by atoms with Crippen molar-refractivity contribution in [1.82, 2.24) is 15.6 Å². The zero-order valence-corrected chi connectivity index (χ0v) is 21.3. The number of para-hydroxylation sites is 1. The van der Waals surface area contributed by atoms with Crippen LogP contribution in [-0.4, -0.2) is 58.0 Å². The molecule has 200 valence electrons. The van der Waals surface area contributed by atoms with E-state index in [1.807, 2.05) is 72.8 Å². The highest BCUT2D eigenvalue weighted by Gasteiger charge is 2.32. The van der Waals surface area contributed by atoms with Crippen molar-refractivity contribution in [3.63, 3.8) is 0 Å². The van der Waals surface area contributed by atoms with E-state index in [4.69, 9.17) is 4.74 Å². The first-order chi connectivity index (χ1) is 18.8. The number of fused-ring (bicyclic) bond motifs is 4. The number of aliphatic hydroxyl groups is 1. The van der Waals surface area contributed by atoms with Gasteiger partial charge in [-0.2, -0.15) is 0 Å². The lowest BCUT2D eigenvalue weighted by molar-refractivity contribution is -0.145. The van der Waals surface area contributed by atoms with Gasteiger partial charge in [-0.15, -0.1) is 0 Å². The second-order valence-electron chi connectivity index (χ2n) is 9.65. The smallest absolute Gasteiger partial charge is 0.407 e. The molecule has 3 atom stereocenters.